The molecule has 1 saturated heterocycles. The second-order valence-electron chi connectivity index (χ2n) is 6.48. The zero-order chi connectivity index (χ0) is 16.5. The summed E-state index contributed by atoms with van der Waals surface area (Å²) in [6.45, 7) is 0.766. The zero-order valence-corrected chi connectivity index (χ0v) is 12.8. The largest absolute Gasteiger partial charge is 0.445 e. The minimum absolute atomic E-state index is 0.103. The number of amides is 1. The minimum Gasteiger partial charge on any atom is -0.445 e. The summed E-state index contributed by atoms with van der Waals surface area (Å²) in [5, 5.41) is 0. The summed E-state index contributed by atoms with van der Waals surface area (Å²) in [5.41, 5.74) is 0.492. The fourth-order valence-electron chi connectivity index (χ4n) is 3.62. The monoisotopic (exact) mass is 327 g/mol. The third kappa shape index (κ3) is 3.31. The summed E-state index contributed by atoms with van der Waals surface area (Å²) >= 11 is 0. The third-order valence-electron chi connectivity index (χ3n) is 5.18. The maximum atomic E-state index is 12.8. The molecule has 0 radical (unpaired) electrons. The molecule has 1 aromatic rings. The number of nitrogens with zero attached hydrogens (tertiary/aromatic N) is 1. The average molecular weight is 327 g/mol. The second kappa shape index (κ2) is 6.06. The van der Waals surface area contributed by atoms with Gasteiger partial charge in [0, 0.05) is 12.1 Å². The lowest BCUT2D eigenvalue weighted by molar-refractivity contribution is -0.192. The van der Waals surface area contributed by atoms with Gasteiger partial charge < -0.3 is 9.64 Å². The molecule has 1 aliphatic heterocycles. The Morgan fingerprint density at radius 3 is 2.35 bits per heavy atom. The van der Waals surface area contributed by atoms with E-state index >= 15 is 0 Å². The van der Waals surface area contributed by atoms with Gasteiger partial charge >= 0.3 is 12.3 Å². The first-order valence-corrected chi connectivity index (χ1v) is 7.96. The van der Waals surface area contributed by atoms with Crippen LogP contribution in [0.15, 0.2) is 30.3 Å². The first kappa shape index (κ1) is 16.1. The van der Waals surface area contributed by atoms with E-state index in [1.54, 1.807) is 4.90 Å². The molecule has 1 aliphatic carbocycles. The van der Waals surface area contributed by atoms with Gasteiger partial charge in [-0.2, -0.15) is 13.2 Å². The van der Waals surface area contributed by atoms with E-state index in [1.165, 1.54) is 0 Å². The minimum atomic E-state index is -4.12. The summed E-state index contributed by atoms with van der Waals surface area (Å²) < 4.78 is 43.6. The van der Waals surface area contributed by atoms with E-state index < -0.39 is 23.7 Å². The zero-order valence-electron chi connectivity index (χ0n) is 12.8. The van der Waals surface area contributed by atoms with Crippen molar-refractivity contribution in [2.45, 2.75) is 50.4 Å². The first-order valence-electron chi connectivity index (χ1n) is 7.96. The number of hydrogen-bond acceptors (Lipinski definition) is 2. The molecule has 23 heavy (non-hydrogen) atoms. The Labute approximate surface area is 133 Å². The molecule has 0 bridgehead atoms. The Morgan fingerprint density at radius 2 is 1.83 bits per heavy atom. The molecule has 0 N–H and O–H groups in total. The number of carbonyl (C=O) groups excluding carboxylic acids is 1. The van der Waals surface area contributed by atoms with Crippen molar-refractivity contribution >= 4 is 6.09 Å². The van der Waals surface area contributed by atoms with E-state index in [1.807, 2.05) is 30.3 Å². The lowest BCUT2D eigenvalue weighted by Gasteiger charge is -2.55. The van der Waals surface area contributed by atoms with E-state index in [2.05, 4.69) is 0 Å². The van der Waals surface area contributed by atoms with E-state index in [-0.39, 0.29) is 19.4 Å². The van der Waals surface area contributed by atoms with Gasteiger partial charge in [-0.25, -0.2) is 4.79 Å². The SMILES string of the molecule is O=C(OCc1ccccc1)N1CCC12CCC(C(F)(F)F)CC2. The molecular formula is C17H20F3NO2. The van der Waals surface area contributed by atoms with Crippen LogP contribution in [0.25, 0.3) is 0 Å². The van der Waals surface area contributed by atoms with Crippen LogP contribution in [0.3, 0.4) is 0 Å². The molecule has 3 rings (SSSR count). The Kier molecular flexibility index (Phi) is 4.25. The van der Waals surface area contributed by atoms with Gasteiger partial charge in [0.15, 0.2) is 0 Å². The number of halogens is 3. The van der Waals surface area contributed by atoms with Crippen molar-refractivity contribution in [3.63, 3.8) is 0 Å². The normalized spacial score (nSPS) is 27.6. The van der Waals surface area contributed by atoms with Crippen LogP contribution in [0.5, 0.6) is 0 Å². The molecule has 1 amide bonds. The quantitative estimate of drug-likeness (QED) is 0.799. The Hall–Kier alpha value is -1.72. The number of hydrogen-bond donors (Lipinski definition) is 0. The fraction of sp³-hybridized carbons (Fsp3) is 0.588. The Morgan fingerprint density at radius 1 is 1.17 bits per heavy atom. The first-order chi connectivity index (χ1) is 10.9. The van der Waals surface area contributed by atoms with Crippen LogP contribution in [0.2, 0.25) is 0 Å². The number of rotatable bonds is 2. The van der Waals surface area contributed by atoms with Crippen LogP contribution >= 0.6 is 0 Å². The van der Waals surface area contributed by atoms with Crippen LogP contribution in [0, 0.1) is 5.92 Å². The Balaban J connectivity index is 1.54. The van der Waals surface area contributed by atoms with Crippen molar-refractivity contribution in [3.05, 3.63) is 35.9 Å². The lowest BCUT2D eigenvalue weighted by Crippen LogP contribution is -2.63. The number of alkyl halides is 3. The summed E-state index contributed by atoms with van der Waals surface area (Å²) in [5.74, 6) is -1.23. The summed E-state index contributed by atoms with van der Waals surface area (Å²) in [4.78, 5) is 13.9. The summed E-state index contributed by atoms with van der Waals surface area (Å²) in [6.07, 6.45) is -2.72. The van der Waals surface area contributed by atoms with Crippen LogP contribution in [-0.4, -0.2) is 29.3 Å². The van der Waals surface area contributed by atoms with Crippen molar-refractivity contribution < 1.29 is 22.7 Å². The van der Waals surface area contributed by atoms with Gasteiger partial charge in [-0.05, 0) is 37.7 Å². The maximum Gasteiger partial charge on any atom is 0.410 e. The molecule has 0 unspecified atom stereocenters. The van der Waals surface area contributed by atoms with Gasteiger partial charge in [-0.3, -0.25) is 0 Å². The molecule has 1 saturated carbocycles. The van der Waals surface area contributed by atoms with E-state index in [0.717, 1.165) is 12.0 Å². The van der Waals surface area contributed by atoms with E-state index in [4.69, 9.17) is 4.74 Å². The van der Waals surface area contributed by atoms with Gasteiger partial charge in [-0.15, -0.1) is 0 Å². The topological polar surface area (TPSA) is 29.5 Å². The highest BCUT2D eigenvalue weighted by molar-refractivity contribution is 5.70. The molecule has 2 aliphatic rings. The number of likely N-dealkylation sites (tertiary alicyclic amines) is 1. The van der Waals surface area contributed by atoms with Crippen LogP contribution < -0.4 is 0 Å². The van der Waals surface area contributed by atoms with Crippen molar-refractivity contribution in [2.75, 3.05) is 6.54 Å². The average Bonchev–Trinajstić information content (AvgIpc) is 2.52. The van der Waals surface area contributed by atoms with E-state index in [9.17, 15) is 18.0 Å². The van der Waals surface area contributed by atoms with Gasteiger partial charge in [0.1, 0.15) is 6.61 Å². The summed E-state index contributed by atoms with van der Waals surface area (Å²) in [6, 6.07) is 9.36. The molecule has 1 spiro atoms. The van der Waals surface area contributed by atoms with Crippen LogP contribution in [-0.2, 0) is 11.3 Å². The van der Waals surface area contributed by atoms with E-state index in [0.29, 0.717) is 19.4 Å². The van der Waals surface area contributed by atoms with Gasteiger partial charge in [0.05, 0.1) is 5.92 Å². The molecule has 1 heterocycles. The highest BCUT2D eigenvalue weighted by Crippen LogP contribution is 2.48. The number of ether oxygens (including phenoxy) is 1. The number of benzene rings is 1. The predicted octanol–water partition coefficient (Wildman–Crippen LogP) is 4.52. The molecule has 0 atom stereocenters. The van der Waals surface area contributed by atoms with Crippen LogP contribution in [0.4, 0.5) is 18.0 Å². The standard InChI is InChI=1S/C17H20F3NO2/c18-17(19,20)14-6-8-16(9-7-14)10-11-21(16)15(22)23-12-13-4-2-1-3-5-13/h1-5,14H,6-12H2. The molecule has 2 fully saturated rings. The van der Waals surface area contributed by atoms with Crippen molar-refractivity contribution in [3.8, 4) is 0 Å². The van der Waals surface area contributed by atoms with Crippen molar-refractivity contribution in [1.29, 1.82) is 0 Å². The maximum absolute atomic E-state index is 12.8. The second-order valence-corrected chi connectivity index (χ2v) is 6.48. The van der Waals surface area contributed by atoms with Crippen molar-refractivity contribution in [1.82, 2.24) is 4.90 Å². The van der Waals surface area contributed by atoms with Gasteiger partial charge in [-0.1, -0.05) is 30.3 Å². The lowest BCUT2D eigenvalue weighted by atomic mass is 9.69. The van der Waals surface area contributed by atoms with Crippen LogP contribution in [0.1, 0.15) is 37.7 Å². The molecule has 1 aromatic carbocycles. The number of carbonyl (C=O) groups is 1. The van der Waals surface area contributed by atoms with Gasteiger partial charge in [0.25, 0.3) is 0 Å². The molecule has 6 heteroatoms. The highest BCUT2D eigenvalue weighted by Gasteiger charge is 2.53. The fourth-order valence-corrected chi connectivity index (χ4v) is 3.62. The Bertz CT molecular complexity index is 551. The van der Waals surface area contributed by atoms with Crippen molar-refractivity contribution in [2.24, 2.45) is 5.92 Å². The smallest absolute Gasteiger partial charge is 0.410 e. The molecule has 0 aromatic heterocycles. The molecular weight excluding hydrogens is 307 g/mol. The summed E-state index contributed by atoms with van der Waals surface area (Å²) in [7, 11) is 0. The third-order valence-corrected chi connectivity index (χ3v) is 5.18. The molecule has 3 nitrogen and oxygen atoms in total. The molecule has 126 valence electrons. The predicted molar refractivity (Wildman–Crippen MR) is 78.7 cm³/mol. The van der Waals surface area contributed by atoms with Gasteiger partial charge in [0.2, 0.25) is 0 Å². The highest BCUT2D eigenvalue weighted by atomic mass is 19.4.